The van der Waals surface area contributed by atoms with Crippen LogP contribution in [0.4, 0.5) is 0 Å². The number of thioether (sulfide) groups is 1. The minimum Gasteiger partial charge on any atom is -0.481 e. The summed E-state index contributed by atoms with van der Waals surface area (Å²) in [6.45, 7) is 6.23. The molecular formula is C26H40O4S. The number of carbonyl (C=O) groups excluding carboxylic acids is 1. The highest BCUT2D eigenvalue weighted by Crippen LogP contribution is 2.42. The third-order valence-electron chi connectivity index (χ3n) is 7.11. The zero-order chi connectivity index (χ0) is 22.9. The van der Waals surface area contributed by atoms with E-state index in [0.717, 1.165) is 44.9 Å². The van der Waals surface area contributed by atoms with Crippen LogP contribution in [0.15, 0.2) is 30.3 Å². The molecule has 0 saturated heterocycles. The number of rotatable bonds is 14. The van der Waals surface area contributed by atoms with Gasteiger partial charge in [-0.15, -0.1) is 0 Å². The van der Waals surface area contributed by atoms with Crippen LogP contribution in [0.1, 0.15) is 84.1 Å². The topological polar surface area (TPSA) is 74.6 Å². The fraction of sp³-hybridized carbons (Fsp3) is 0.692. The predicted molar refractivity (Wildman–Crippen MR) is 128 cm³/mol. The number of hydrogen-bond acceptors (Lipinski definition) is 4. The lowest BCUT2D eigenvalue weighted by atomic mass is 9.73. The van der Waals surface area contributed by atoms with Gasteiger partial charge in [0.15, 0.2) is 0 Å². The van der Waals surface area contributed by atoms with Gasteiger partial charge in [0.2, 0.25) is 0 Å². The maximum Gasteiger partial charge on any atom is 0.303 e. The number of carboxylic acid groups (broad SMARTS) is 1. The molecule has 1 aliphatic rings. The van der Waals surface area contributed by atoms with E-state index in [2.05, 4.69) is 38.1 Å². The first-order valence-electron chi connectivity index (χ1n) is 11.7. The van der Waals surface area contributed by atoms with Crippen LogP contribution in [-0.4, -0.2) is 38.6 Å². The van der Waals surface area contributed by atoms with Crippen LogP contribution in [-0.2, 0) is 16.0 Å². The van der Waals surface area contributed by atoms with E-state index in [1.165, 1.54) is 5.56 Å². The molecule has 31 heavy (non-hydrogen) atoms. The van der Waals surface area contributed by atoms with Gasteiger partial charge in [-0.05, 0) is 50.0 Å². The van der Waals surface area contributed by atoms with Gasteiger partial charge in [-0.25, -0.2) is 0 Å². The lowest BCUT2D eigenvalue weighted by Gasteiger charge is -2.41. The molecule has 1 aromatic rings. The van der Waals surface area contributed by atoms with Crippen molar-refractivity contribution >= 4 is 23.5 Å². The van der Waals surface area contributed by atoms with Gasteiger partial charge in [0.05, 0.1) is 5.60 Å². The number of unbranched alkanes of at least 4 members (excludes halogenated alkanes) is 3. The summed E-state index contributed by atoms with van der Waals surface area (Å²) in [7, 11) is 0. The maximum absolute atomic E-state index is 12.4. The van der Waals surface area contributed by atoms with Crippen LogP contribution in [0, 0.1) is 11.3 Å². The highest BCUT2D eigenvalue weighted by atomic mass is 32.2. The first kappa shape index (κ1) is 25.9. The normalized spacial score (nSPS) is 21.2. The third kappa shape index (κ3) is 8.27. The molecule has 1 aliphatic carbocycles. The molecule has 0 amide bonds. The Bertz CT molecular complexity index is 699. The Morgan fingerprint density at radius 1 is 1.10 bits per heavy atom. The van der Waals surface area contributed by atoms with Crippen LogP contribution in [0.2, 0.25) is 0 Å². The van der Waals surface area contributed by atoms with Gasteiger partial charge in [0, 0.05) is 29.8 Å². The number of ketones is 1. The molecule has 0 aromatic heterocycles. The summed E-state index contributed by atoms with van der Waals surface area (Å²) in [5.74, 6) is 0.363. The molecule has 0 spiro atoms. The Kier molecular flexibility index (Phi) is 10.1. The number of carbonyl (C=O) groups is 2. The minimum absolute atomic E-state index is 0.0905. The van der Waals surface area contributed by atoms with Crippen LogP contribution in [0.3, 0.4) is 0 Å². The molecule has 5 heteroatoms. The van der Waals surface area contributed by atoms with Crippen molar-refractivity contribution in [3.05, 3.63) is 35.9 Å². The Balaban J connectivity index is 1.80. The second kappa shape index (κ2) is 12.1. The quantitative estimate of drug-likeness (QED) is 0.346. The molecule has 0 aliphatic heterocycles. The predicted octanol–water partition coefficient (Wildman–Crippen LogP) is 5.90. The van der Waals surface area contributed by atoms with Crippen molar-refractivity contribution < 1.29 is 19.8 Å². The monoisotopic (exact) mass is 448 g/mol. The molecule has 174 valence electrons. The highest BCUT2D eigenvalue weighted by molar-refractivity contribution is 8.00. The molecule has 1 saturated carbocycles. The molecule has 0 bridgehead atoms. The lowest BCUT2D eigenvalue weighted by Crippen LogP contribution is -2.45. The lowest BCUT2D eigenvalue weighted by molar-refractivity contribution is -0.137. The molecule has 2 rings (SSSR count). The van der Waals surface area contributed by atoms with Gasteiger partial charge in [-0.3, -0.25) is 9.59 Å². The Morgan fingerprint density at radius 3 is 2.45 bits per heavy atom. The fourth-order valence-electron chi connectivity index (χ4n) is 4.25. The Labute approximate surface area is 192 Å². The molecule has 4 nitrogen and oxygen atoms in total. The summed E-state index contributed by atoms with van der Waals surface area (Å²) < 4.78 is 0. The van der Waals surface area contributed by atoms with E-state index in [-0.39, 0.29) is 17.8 Å². The molecule has 3 unspecified atom stereocenters. The van der Waals surface area contributed by atoms with Crippen molar-refractivity contribution in [3.63, 3.8) is 0 Å². The average Bonchev–Trinajstić information content (AvgIpc) is 3.07. The SMILES string of the molecule is CC(C)(CCc1ccccc1)C(C)(O)CSC1CCC(=O)C1CCCCCCC(=O)O. The van der Waals surface area contributed by atoms with Gasteiger partial charge in [0.25, 0.3) is 0 Å². The zero-order valence-corrected chi connectivity index (χ0v) is 20.3. The summed E-state index contributed by atoms with van der Waals surface area (Å²) in [5.41, 5.74) is 0.265. The van der Waals surface area contributed by atoms with Crippen molar-refractivity contribution in [1.29, 1.82) is 0 Å². The second-order valence-corrected chi connectivity index (χ2v) is 11.2. The van der Waals surface area contributed by atoms with E-state index in [0.29, 0.717) is 29.6 Å². The largest absolute Gasteiger partial charge is 0.481 e. The van der Waals surface area contributed by atoms with Gasteiger partial charge in [-0.1, -0.05) is 63.4 Å². The molecule has 0 heterocycles. The molecule has 3 atom stereocenters. The number of aliphatic hydroxyl groups is 1. The number of benzene rings is 1. The highest BCUT2D eigenvalue weighted by Gasteiger charge is 2.41. The van der Waals surface area contributed by atoms with Crippen LogP contribution < -0.4 is 0 Å². The summed E-state index contributed by atoms with van der Waals surface area (Å²) in [4.78, 5) is 23.0. The minimum atomic E-state index is -0.806. The van der Waals surface area contributed by atoms with Crippen molar-refractivity contribution in [1.82, 2.24) is 0 Å². The third-order valence-corrected chi connectivity index (χ3v) is 8.83. The summed E-state index contributed by atoms with van der Waals surface area (Å²) in [6, 6.07) is 10.4. The first-order chi connectivity index (χ1) is 14.6. The van der Waals surface area contributed by atoms with Crippen molar-refractivity contribution in [2.75, 3.05) is 5.75 Å². The number of hydrogen-bond donors (Lipinski definition) is 2. The number of carboxylic acids is 1. The van der Waals surface area contributed by atoms with E-state index < -0.39 is 11.6 Å². The Hall–Kier alpha value is -1.33. The average molecular weight is 449 g/mol. The standard InChI is InChI=1S/C26H40O4S/c1-25(2,18-17-20-11-7-6-8-12-20)26(3,30)19-31-23-16-15-22(27)21(23)13-9-4-5-10-14-24(28)29/h6-8,11-12,21,23,30H,4-5,9-10,13-19H2,1-3H3,(H,28,29). The van der Waals surface area contributed by atoms with Crippen LogP contribution in [0.5, 0.6) is 0 Å². The molecule has 1 fully saturated rings. The van der Waals surface area contributed by atoms with Gasteiger partial charge in [0.1, 0.15) is 5.78 Å². The van der Waals surface area contributed by atoms with E-state index in [1.54, 1.807) is 11.8 Å². The maximum atomic E-state index is 12.4. The summed E-state index contributed by atoms with van der Waals surface area (Å²) in [6.07, 6.45) is 8.13. The van der Waals surface area contributed by atoms with Crippen LogP contribution in [0.25, 0.3) is 0 Å². The van der Waals surface area contributed by atoms with Gasteiger partial charge >= 0.3 is 5.97 Å². The van der Waals surface area contributed by atoms with E-state index >= 15 is 0 Å². The molecule has 2 N–H and O–H groups in total. The van der Waals surface area contributed by atoms with Crippen LogP contribution >= 0.6 is 11.8 Å². The first-order valence-corrected chi connectivity index (χ1v) is 12.8. The smallest absolute Gasteiger partial charge is 0.303 e. The zero-order valence-electron chi connectivity index (χ0n) is 19.4. The Morgan fingerprint density at radius 2 is 1.77 bits per heavy atom. The second-order valence-electron chi connectivity index (χ2n) is 9.95. The summed E-state index contributed by atoms with van der Waals surface area (Å²) >= 11 is 1.78. The van der Waals surface area contributed by atoms with E-state index in [1.807, 2.05) is 13.0 Å². The van der Waals surface area contributed by atoms with Gasteiger partial charge < -0.3 is 10.2 Å². The molecular weight excluding hydrogens is 408 g/mol. The van der Waals surface area contributed by atoms with E-state index in [9.17, 15) is 14.7 Å². The van der Waals surface area contributed by atoms with Crippen molar-refractivity contribution in [3.8, 4) is 0 Å². The molecule has 0 radical (unpaired) electrons. The molecule has 1 aromatic carbocycles. The van der Waals surface area contributed by atoms with E-state index in [4.69, 9.17) is 5.11 Å². The number of Topliss-reactive ketones (excluding diaryl/α,β-unsaturated/α-hetero) is 1. The van der Waals surface area contributed by atoms with Gasteiger partial charge in [-0.2, -0.15) is 11.8 Å². The fourth-order valence-corrected chi connectivity index (χ4v) is 5.99. The summed E-state index contributed by atoms with van der Waals surface area (Å²) in [5, 5.41) is 20.3. The van der Waals surface area contributed by atoms with Crippen molar-refractivity contribution in [2.45, 2.75) is 95.8 Å². The van der Waals surface area contributed by atoms with Crippen molar-refractivity contribution in [2.24, 2.45) is 11.3 Å². The number of aryl methyl sites for hydroxylation is 1. The number of aliphatic carboxylic acids is 1.